The smallest absolute Gasteiger partial charge is 0.311 e. The van der Waals surface area contributed by atoms with Gasteiger partial charge in [-0.25, -0.2) is 4.98 Å². The highest BCUT2D eigenvalue weighted by molar-refractivity contribution is 5.76. The second kappa shape index (κ2) is 6.70. The zero-order valence-corrected chi connectivity index (χ0v) is 12.6. The van der Waals surface area contributed by atoms with Crippen LogP contribution >= 0.6 is 0 Å². The largest absolute Gasteiger partial charge is 0.490 e. The minimum Gasteiger partial charge on any atom is -0.490 e. The number of methoxy groups -OCH3 is 1. The molecule has 1 aromatic heterocycles. The number of nitro benzene ring substituents is 1. The Hall–Kier alpha value is -2.90. The molecule has 0 unspecified atom stereocenters. The van der Waals surface area contributed by atoms with Crippen molar-refractivity contribution in [1.82, 2.24) is 14.6 Å². The third-order valence-electron chi connectivity index (χ3n) is 2.96. The van der Waals surface area contributed by atoms with Gasteiger partial charge in [-0.05, 0) is 11.6 Å². The van der Waals surface area contributed by atoms with Crippen LogP contribution in [0.2, 0.25) is 0 Å². The lowest BCUT2D eigenvalue weighted by atomic mass is 10.2. The summed E-state index contributed by atoms with van der Waals surface area (Å²) >= 11 is 0. The van der Waals surface area contributed by atoms with E-state index in [1.54, 1.807) is 35.9 Å². The number of benzene rings is 1. The van der Waals surface area contributed by atoms with Gasteiger partial charge in [-0.1, -0.05) is 6.07 Å². The molecule has 1 heterocycles. The van der Waals surface area contributed by atoms with E-state index in [4.69, 9.17) is 4.74 Å². The van der Waals surface area contributed by atoms with Crippen molar-refractivity contribution in [3.05, 3.63) is 52.1 Å². The Balaban J connectivity index is 2.27. The Labute approximate surface area is 127 Å². The van der Waals surface area contributed by atoms with E-state index in [1.807, 2.05) is 18.7 Å². The van der Waals surface area contributed by atoms with Gasteiger partial charge in [0.1, 0.15) is 0 Å². The van der Waals surface area contributed by atoms with Gasteiger partial charge in [0.25, 0.3) is 0 Å². The molecule has 22 heavy (non-hydrogen) atoms. The minimum absolute atomic E-state index is 0.0522. The van der Waals surface area contributed by atoms with Crippen molar-refractivity contribution in [3.8, 4) is 5.75 Å². The molecule has 0 saturated carbocycles. The number of ether oxygens (including phenoxy) is 1. The molecule has 2 aromatic rings. The first-order valence-corrected chi connectivity index (χ1v) is 6.54. The fourth-order valence-electron chi connectivity index (χ4n) is 1.92. The van der Waals surface area contributed by atoms with Crippen LogP contribution in [0.25, 0.3) is 0 Å². The molecule has 2 rings (SSSR count). The molecule has 8 nitrogen and oxygen atoms in total. The molecule has 0 N–H and O–H groups in total. The van der Waals surface area contributed by atoms with Crippen LogP contribution in [0.3, 0.4) is 0 Å². The van der Waals surface area contributed by atoms with Crippen molar-refractivity contribution in [2.45, 2.75) is 6.54 Å². The Morgan fingerprint density at radius 1 is 1.50 bits per heavy atom. The summed E-state index contributed by atoms with van der Waals surface area (Å²) < 4.78 is 6.86. The minimum atomic E-state index is -0.454. The second-order valence-corrected chi connectivity index (χ2v) is 4.80. The number of imidazole rings is 1. The quantitative estimate of drug-likeness (QED) is 0.461. The molecular weight excluding hydrogens is 286 g/mol. The molecule has 0 aliphatic rings. The van der Waals surface area contributed by atoms with E-state index in [9.17, 15) is 10.1 Å². The molecule has 0 fully saturated rings. The number of hydrogen-bond acceptors (Lipinski definition) is 6. The third kappa shape index (κ3) is 3.60. The predicted molar refractivity (Wildman–Crippen MR) is 82.3 cm³/mol. The summed E-state index contributed by atoms with van der Waals surface area (Å²) in [6, 6.07) is 4.89. The Bertz CT molecular complexity index is 694. The summed E-state index contributed by atoms with van der Waals surface area (Å²) in [6.07, 6.45) is 5.03. The van der Waals surface area contributed by atoms with Gasteiger partial charge in [-0.3, -0.25) is 10.1 Å². The molecule has 0 radical (unpaired) electrons. The molecule has 0 spiro atoms. The van der Waals surface area contributed by atoms with Crippen molar-refractivity contribution in [2.75, 3.05) is 21.2 Å². The third-order valence-corrected chi connectivity index (χ3v) is 2.96. The van der Waals surface area contributed by atoms with Gasteiger partial charge in [0.2, 0.25) is 0 Å². The Kier molecular flexibility index (Phi) is 4.72. The van der Waals surface area contributed by atoms with Crippen LogP contribution in [0.4, 0.5) is 5.69 Å². The van der Waals surface area contributed by atoms with Crippen molar-refractivity contribution in [3.63, 3.8) is 0 Å². The van der Waals surface area contributed by atoms with Crippen LogP contribution in [0.1, 0.15) is 11.3 Å². The first kappa shape index (κ1) is 15.5. The van der Waals surface area contributed by atoms with Crippen LogP contribution in [0.15, 0.2) is 35.8 Å². The Morgan fingerprint density at radius 3 is 2.91 bits per heavy atom. The van der Waals surface area contributed by atoms with E-state index >= 15 is 0 Å². The van der Waals surface area contributed by atoms with Gasteiger partial charge in [-0.15, -0.1) is 0 Å². The van der Waals surface area contributed by atoms with Crippen LogP contribution in [-0.4, -0.2) is 46.9 Å². The number of nitro groups is 1. The summed E-state index contributed by atoms with van der Waals surface area (Å²) in [5.74, 6) is 0.244. The zero-order valence-electron chi connectivity index (χ0n) is 12.6. The summed E-state index contributed by atoms with van der Waals surface area (Å²) in [5, 5.41) is 16.9. The van der Waals surface area contributed by atoms with E-state index < -0.39 is 4.92 Å². The van der Waals surface area contributed by atoms with Gasteiger partial charge in [0.05, 0.1) is 36.5 Å². The number of rotatable bonds is 6. The summed E-state index contributed by atoms with van der Waals surface area (Å²) in [6.45, 7) is 0.458. The van der Waals surface area contributed by atoms with Gasteiger partial charge in [-0.2, -0.15) is 5.10 Å². The van der Waals surface area contributed by atoms with Crippen molar-refractivity contribution >= 4 is 11.9 Å². The number of hydrazone groups is 1. The monoisotopic (exact) mass is 303 g/mol. The number of hydrogen-bond donors (Lipinski definition) is 0. The van der Waals surface area contributed by atoms with E-state index in [0.717, 1.165) is 11.3 Å². The van der Waals surface area contributed by atoms with Gasteiger partial charge in [0.15, 0.2) is 5.75 Å². The van der Waals surface area contributed by atoms with Gasteiger partial charge in [0, 0.05) is 26.7 Å². The fraction of sp³-hybridized carbons (Fsp3) is 0.286. The maximum atomic E-state index is 11.1. The number of nitrogens with zero attached hydrogens (tertiary/aromatic N) is 5. The van der Waals surface area contributed by atoms with Crippen molar-refractivity contribution < 1.29 is 9.66 Å². The normalized spacial score (nSPS) is 10.9. The SMILES string of the molecule is COc1ccc(Cn2cncc2C=NN(C)C)cc1[N+](=O)[O-]. The zero-order chi connectivity index (χ0) is 16.1. The molecule has 1 aromatic carbocycles. The van der Waals surface area contributed by atoms with Crippen LogP contribution < -0.4 is 4.74 Å². The summed E-state index contributed by atoms with van der Waals surface area (Å²) in [5.41, 5.74) is 1.54. The predicted octanol–water partition coefficient (Wildman–Crippen LogP) is 1.74. The molecule has 0 atom stereocenters. The van der Waals surface area contributed by atoms with Crippen molar-refractivity contribution in [1.29, 1.82) is 0 Å². The molecule has 0 amide bonds. The summed E-state index contributed by atoms with van der Waals surface area (Å²) in [7, 11) is 5.06. The first-order chi connectivity index (χ1) is 10.5. The molecular formula is C14H17N5O3. The second-order valence-electron chi connectivity index (χ2n) is 4.80. The fourth-order valence-corrected chi connectivity index (χ4v) is 1.92. The maximum Gasteiger partial charge on any atom is 0.311 e. The lowest BCUT2D eigenvalue weighted by molar-refractivity contribution is -0.385. The first-order valence-electron chi connectivity index (χ1n) is 6.54. The van der Waals surface area contributed by atoms with Gasteiger partial charge < -0.3 is 14.3 Å². The number of aromatic nitrogens is 2. The highest BCUT2D eigenvalue weighted by Crippen LogP contribution is 2.27. The van der Waals surface area contributed by atoms with E-state index in [2.05, 4.69) is 10.1 Å². The van der Waals surface area contributed by atoms with Crippen LogP contribution in [0.5, 0.6) is 5.75 Å². The molecule has 116 valence electrons. The van der Waals surface area contributed by atoms with Crippen LogP contribution in [-0.2, 0) is 6.54 Å². The lowest BCUT2D eigenvalue weighted by Crippen LogP contribution is -2.06. The van der Waals surface area contributed by atoms with Crippen molar-refractivity contribution in [2.24, 2.45) is 5.10 Å². The van der Waals surface area contributed by atoms with E-state index in [0.29, 0.717) is 6.54 Å². The molecule has 0 saturated heterocycles. The molecule has 0 aliphatic heterocycles. The highest BCUT2D eigenvalue weighted by Gasteiger charge is 2.15. The van der Waals surface area contributed by atoms with E-state index in [1.165, 1.54) is 13.2 Å². The topological polar surface area (TPSA) is 85.8 Å². The molecule has 0 aliphatic carbocycles. The molecule has 0 bridgehead atoms. The average Bonchev–Trinajstić information content (AvgIpc) is 2.92. The van der Waals surface area contributed by atoms with E-state index in [-0.39, 0.29) is 11.4 Å². The van der Waals surface area contributed by atoms with Gasteiger partial charge >= 0.3 is 5.69 Å². The highest BCUT2D eigenvalue weighted by atomic mass is 16.6. The maximum absolute atomic E-state index is 11.1. The Morgan fingerprint density at radius 2 is 2.27 bits per heavy atom. The average molecular weight is 303 g/mol. The van der Waals surface area contributed by atoms with Crippen LogP contribution in [0, 0.1) is 10.1 Å². The standard InChI is InChI=1S/C14H17N5O3/c1-17(2)16-8-12-7-15-10-18(12)9-11-4-5-14(22-3)13(6-11)19(20)21/h4-8,10H,9H2,1-3H3. The summed E-state index contributed by atoms with van der Waals surface area (Å²) in [4.78, 5) is 14.7. The molecule has 8 heteroatoms. The lowest BCUT2D eigenvalue weighted by Gasteiger charge is -2.08.